The van der Waals surface area contributed by atoms with Crippen LogP contribution in [-0.4, -0.2) is 44.2 Å². The molecule has 0 aromatic carbocycles. The van der Waals surface area contributed by atoms with E-state index in [1.54, 1.807) is 6.92 Å². The molecule has 4 nitrogen and oxygen atoms in total. The van der Waals surface area contributed by atoms with Gasteiger partial charge in [-0.25, -0.2) is 8.42 Å². The van der Waals surface area contributed by atoms with Crippen LogP contribution in [0.1, 0.15) is 20.3 Å². The Balaban J connectivity index is 3.93. The smallest absolute Gasteiger partial charge is 0.148 e. The third-order valence-electron chi connectivity index (χ3n) is 1.79. The van der Waals surface area contributed by atoms with Gasteiger partial charge in [-0.2, -0.15) is 0 Å². The van der Waals surface area contributed by atoms with E-state index in [0.717, 1.165) is 6.42 Å². The van der Waals surface area contributed by atoms with Crippen molar-refractivity contribution in [3.63, 3.8) is 0 Å². The molecule has 0 radical (unpaired) electrons. The highest BCUT2D eigenvalue weighted by molar-refractivity contribution is 7.90. The molecule has 0 amide bonds. The number of rotatable bonds is 6. The Hall–Kier alpha value is -0.130. The van der Waals surface area contributed by atoms with E-state index in [2.05, 4.69) is 5.32 Å². The molecule has 0 heterocycles. The fraction of sp³-hybridized carbons (Fsp3) is 1.00. The Kier molecular flexibility index (Phi) is 5.51. The van der Waals surface area contributed by atoms with E-state index < -0.39 is 9.84 Å². The molecule has 0 rings (SSSR count). The average Bonchev–Trinajstić information content (AvgIpc) is 1.96. The Morgan fingerprint density at radius 1 is 1.46 bits per heavy atom. The van der Waals surface area contributed by atoms with E-state index in [-0.39, 0.29) is 24.4 Å². The number of hydrogen-bond acceptors (Lipinski definition) is 4. The van der Waals surface area contributed by atoms with Crippen LogP contribution in [0, 0.1) is 0 Å². The van der Waals surface area contributed by atoms with Crippen LogP contribution in [0.2, 0.25) is 0 Å². The maximum Gasteiger partial charge on any atom is 0.148 e. The van der Waals surface area contributed by atoms with Crippen LogP contribution >= 0.6 is 0 Å². The maximum atomic E-state index is 10.9. The molecule has 0 bridgehead atoms. The number of aliphatic hydroxyl groups is 1. The largest absolute Gasteiger partial charge is 0.395 e. The molecule has 2 atom stereocenters. The van der Waals surface area contributed by atoms with Crippen molar-refractivity contribution in [2.45, 2.75) is 32.4 Å². The van der Waals surface area contributed by atoms with E-state index in [1.165, 1.54) is 6.26 Å². The summed E-state index contributed by atoms with van der Waals surface area (Å²) in [7, 11) is -2.93. The number of aliphatic hydroxyl groups excluding tert-OH is 1. The molecule has 1 unspecified atom stereocenters. The van der Waals surface area contributed by atoms with Gasteiger partial charge in [0.15, 0.2) is 0 Å². The molecule has 0 aliphatic rings. The average molecular weight is 209 g/mol. The minimum atomic E-state index is -2.93. The van der Waals surface area contributed by atoms with E-state index in [1.807, 2.05) is 6.92 Å². The van der Waals surface area contributed by atoms with Gasteiger partial charge < -0.3 is 10.4 Å². The number of sulfone groups is 1. The van der Waals surface area contributed by atoms with Gasteiger partial charge in [-0.05, 0) is 13.3 Å². The molecule has 80 valence electrons. The van der Waals surface area contributed by atoms with Crippen LogP contribution in [0.3, 0.4) is 0 Å². The van der Waals surface area contributed by atoms with Gasteiger partial charge in [0.05, 0.1) is 12.4 Å². The number of nitrogens with one attached hydrogen (secondary N) is 1. The van der Waals surface area contributed by atoms with Crippen LogP contribution in [0.25, 0.3) is 0 Å². The lowest BCUT2D eigenvalue weighted by molar-refractivity contribution is 0.232. The summed E-state index contributed by atoms with van der Waals surface area (Å²) < 4.78 is 21.8. The molecule has 0 aliphatic heterocycles. The molecule has 5 heteroatoms. The zero-order valence-corrected chi connectivity index (χ0v) is 9.26. The minimum Gasteiger partial charge on any atom is -0.395 e. The third kappa shape index (κ3) is 6.98. The lowest BCUT2D eigenvalue weighted by atomic mass is 10.2. The van der Waals surface area contributed by atoms with Crippen molar-refractivity contribution < 1.29 is 13.5 Å². The molecular weight excluding hydrogens is 190 g/mol. The first kappa shape index (κ1) is 12.9. The first-order valence-corrected chi connectivity index (χ1v) is 6.49. The molecule has 0 aromatic heterocycles. The predicted molar refractivity (Wildman–Crippen MR) is 53.5 cm³/mol. The third-order valence-corrected chi connectivity index (χ3v) is 2.89. The lowest BCUT2D eigenvalue weighted by Gasteiger charge is -2.19. The van der Waals surface area contributed by atoms with Crippen molar-refractivity contribution in [3.05, 3.63) is 0 Å². The summed E-state index contributed by atoms with van der Waals surface area (Å²) in [6, 6.07) is -0.108. The Bertz CT molecular complexity index is 222. The van der Waals surface area contributed by atoms with Crippen molar-refractivity contribution in [2.75, 3.05) is 18.6 Å². The van der Waals surface area contributed by atoms with Gasteiger partial charge in [-0.15, -0.1) is 0 Å². The van der Waals surface area contributed by atoms with E-state index in [4.69, 9.17) is 5.11 Å². The van der Waals surface area contributed by atoms with Crippen LogP contribution in [0.4, 0.5) is 0 Å². The van der Waals surface area contributed by atoms with Crippen molar-refractivity contribution in [1.29, 1.82) is 0 Å². The van der Waals surface area contributed by atoms with Gasteiger partial charge in [0.2, 0.25) is 0 Å². The first-order chi connectivity index (χ1) is 5.89. The second kappa shape index (κ2) is 5.57. The highest BCUT2D eigenvalue weighted by Crippen LogP contribution is 1.95. The molecule has 0 fully saturated rings. The fourth-order valence-corrected chi connectivity index (χ4v) is 2.21. The van der Waals surface area contributed by atoms with E-state index in [0.29, 0.717) is 0 Å². The lowest BCUT2D eigenvalue weighted by Crippen LogP contribution is -2.41. The number of hydrogen-bond donors (Lipinski definition) is 2. The van der Waals surface area contributed by atoms with Crippen molar-refractivity contribution in [3.8, 4) is 0 Å². The molecule has 0 aromatic rings. The molecule has 0 saturated heterocycles. The molecule has 2 N–H and O–H groups in total. The van der Waals surface area contributed by atoms with Crippen molar-refractivity contribution >= 4 is 9.84 Å². The highest BCUT2D eigenvalue weighted by Gasteiger charge is 2.13. The van der Waals surface area contributed by atoms with Crippen LogP contribution in [-0.2, 0) is 9.84 Å². The summed E-state index contributed by atoms with van der Waals surface area (Å²) in [4.78, 5) is 0. The van der Waals surface area contributed by atoms with E-state index in [9.17, 15) is 8.42 Å². The molecular formula is C8H19NO3S. The second-order valence-corrected chi connectivity index (χ2v) is 5.63. The first-order valence-electron chi connectivity index (χ1n) is 4.43. The van der Waals surface area contributed by atoms with Gasteiger partial charge in [0.25, 0.3) is 0 Å². The highest BCUT2D eigenvalue weighted by atomic mass is 32.2. The monoisotopic (exact) mass is 209 g/mol. The van der Waals surface area contributed by atoms with Crippen LogP contribution < -0.4 is 5.32 Å². The fourth-order valence-electron chi connectivity index (χ4n) is 1.20. The van der Waals surface area contributed by atoms with Gasteiger partial charge in [0, 0.05) is 18.3 Å². The molecule has 0 aliphatic carbocycles. The molecule has 0 saturated carbocycles. The summed E-state index contributed by atoms with van der Waals surface area (Å²) in [5.74, 6) is 0.115. The summed E-state index contributed by atoms with van der Waals surface area (Å²) in [5.41, 5.74) is 0. The topological polar surface area (TPSA) is 66.4 Å². The van der Waals surface area contributed by atoms with E-state index >= 15 is 0 Å². The summed E-state index contributed by atoms with van der Waals surface area (Å²) in [6.07, 6.45) is 2.01. The Morgan fingerprint density at radius 3 is 2.31 bits per heavy atom. The van der Waals surface area contributed by atoms with Crippen LogP contribution in [0.5, 0.6) is 0 Å². The van der Waals surface area contributed by atoms with Gasteiger partial charge in [0.1, 0.15) is 9.84 Å². The Morgan fingerprint density at radius 2 is 2.00 bits per heavy atom. The van der Waals surface area contributed by atoms with Gasteiger partial charge in [-0.1, -0.05) is 6.92 Å². The maximum absolute atomic E-state index is 10.9. The Labute approximate surface area is 80.3 Å². The van der Waals surface area contributed by atoms with Gasteiger partial charge >= 0.3 is 0 Å². The molecule has 0 spiro atoms. The predicted octanol–water partition coefficient (Wildman–Crippen LogP) is -0.220. The zero-order chi connectivity index (χ0) is 10.5. The minimum absolute atomic E-state index is 0.00301. The standard InChI is InChI=1S/C8H19NO3S/c1-4-8(5-10)9-7(2)6-13(3,11)12/h7-10H,4-6H2,1-3H3/t7?,8-/m0/s1. The summed E-state index contributed by atoms with van der Waals surface area (Å²) in [6.45, 7) is 3.80. The summed E-state index contributed by atoms with van der Waals surface area (Å²) >= 11 is 0. The second-order valence-electron chi connectivity index (χ2n) is 3.45. The normalized spacial score (nSPS) is 16.9. The zero-order valence-electron chi connectivity index (χ0n) is 8.45. The van der Waals surface area contributed by atoms with Crippen molar-refractivity contribution in [2.24, 2.45) is 0 Å². The molecule has 13 heavy (non-hydrogen) atoms. The quantitative estimate of drug-likeness (QED) is 0.635. The SMILES string of the molecule is CC[C@@H](CO)NC(C)CS(C)(=O)=O. The van der Waals surface area contributed by atoms with Crippen LogP contribution in [0.15, 0.2) is 0 Å². The summed E-state index contributed by atoms with van der Waals surface area (Å²) in [5, 5.41) is 11.9. The van der Waals surface area contributed by atoms with Gasteiger partial charge in [-0.3, -0.25) is 0 Å². The van der Waals surface area contributed by atoms with Crippen molar-refractivity contribution in [1.82, 2.24) is 5.32 Å².